The van der Waals surface area contributed by atoms with Gasteiger partial charge in [0, 0.05) is 27.4 Å². The van der Waals surface area contributed by atoms with Crippen molar-refractivity contribution in [1.82, 2.24) is 0 Å². The number of carbonyl (C=O) groups is 1. The van der Waals surface area contributed by atoms with E-state index in [1.54, 1.807) is 78.9 Å². The van der Waals surface area contributed by atoms with Crippen LogP contribution in [0, 0.1) is 17.2 Å². The van der Waals surface area contributed by atoms with E-state index < -0.39 is 28.8 Å². The summed E-state index contributed by atoms with van der Waals surface area (Å²) in [6, 6.07) is 35.5. The number of halogens is 6. The van der Waals surface area contributed by atoms with Crippen molar-refractivity contribution in [3.05, 3.63) is 173 Å². The van der Waals surface area contributed by atoms with Crippen LogP contribution in [0.2, 0.25) is 30.1 Å². The third kappa shape index (κ3) is 6.07. The zero-order valence-corrected chi connectivity index (χ0v) is 29.0. The highest BCUT2D eigenvalue weighted by molar-refractivity contribution is 6.42. The average Bonchev–Trinajstić information content (AvgIpc) is 3.07. The highest BCUT2D eigenvalue weighted by Gasteiger charge is 2.64. The van der Waals surface area contributed by atoms with Crippen LogP contribution in [0.15, 0.2) is 115 Å². The Morgan fingerprint density at radius 2 is 1.19 bits per heavy atom. The van der Waals surface area contributed by atoms with Gasteiger partial charge in [0.1, 0.15) is 5.60 Å². The van der Waals surface area contributed by atoms with E-state index in [2.05, 4.69) is 6.07 Å². The predicted octanol–water partition coefficient (Wildman–Crippen LogP) is 11.7. The molecule has 1 fully saturated rings. The molecule has 0 aromatic heterocycles. The normalized spacial score (nSPS) is 24.0. The van der Waals surface area contributed by atoms with E-state index in [0.717, 1.165) is 0 Å². The number of carbonyl (C=O) groups excluding carboxylic acids is 1. The van der Waals surface area contributed by atoms with Gasteiger partial charge in [-0.05, 0) is 89.3 Å². The van der Waals surface area contributed by atoms with Gasteiger partial charge in [0.05, 0.1) is 37.5 Å². The highest BCUT2D eigenvalue weighted by atomic mass is 35.5. The Labute approximate surface area is 303 Å². The van der Waals surface area contributed by atoms with Gasteiger partial charge in [-0.2, -0.15) is 5.26 Å². The van der Waals surface area contributed by atoms with E-state index in [4.69, 9.17) is 69.6 Å². The first-order valence-corrected chi connectivity index (χ1v) is 16.9. The number of aliphatic hydroxyl groups is 1. The number of hydrogen-bond donors (Lipinski definition) is 1. The van der Waals surface area contributed by atoms with Gasteiger partial charge >= 0.3 is 0 Å². The van der Waals surface area contributed by atoms with Gasteiger partial charge < -0.3 is 5.11 Å². The molecular weight excluding hydrogens is 715 g/mol. The first-order valence-electron chi connectivity index (χ1n) is 14.6. The molecule has 0 saturated heterocycles. The van der Waals surface area contributed by atoms with Crippen molar-refractivity contribution in [2.45, 2.75) is 29.3 Å². The molecule has 0 radical (unpaired) electrons. The minimum Gasteiger partial charge on any atom is -0.384 e. The molecule has 0 spiro atoms. The number of hydrogen-bond acceptors (Lipinski definition) is 3. The number of benzene rings is 5. The summed E-state index contributed by atoms with van der Waals surface area (Å²) >= 11 is 38.6. The number of rotatable bonds is 6. The molecule has 1 aliphatic carbocycles. The smallest absolute Gasteiger partial charge is 0.169 e. The van der Waals surface area contributed by atoms with Crippen LogP contribution in [0.5, 0.6) is 0 Å². The monoisotopic (exact) mass is 737 g/mol. The predicted molar refractivity (Wildman–Crippen MR) is 191 cm³/mol. The van der Waals surface area contributed by atoms with Gasteiger partial charge in [0.15, 0.2) is 5.78 Å². The molecule has 6 rings (SSSR count). The van der Waals surface area contributed by atoms with Crippen molar-refractivity contribution >= 4 is 75.4 Å². The molecule has 0 heterocycles. The molecule has 1 aliphatic rings. The van der Waals surface area contributed by atoms with Crippen molar-refractivity contribution in [2.24, 2.45) is 5.92 Å². The van der Waals surface area contributed by atoms with Crippen LogP contribution in [0.25, 0.3) is 0 Å². The standard InChI is InChI=1S/C38H25Cl6NO2/c39-27-12-6-22(7-13-27)36(46)35-34(24-9-17-31(42)33(44)19-24)37(21-45,25-4-2-1-3-5-25)29(23-8-16-30(41)32(43)18-23)20-38(35,47)26-10-14-28(40)15-11-26/h1-19,29,34-35,47H,20H2/t29-,34-,35+,37-,38-/m0/s1. The van der Waals surface area contributed by atoms with Crippen LogP contribution in [0.4, 0.5) is 0 Å². The molecule has 5 aromatic rings. The Morgan fingerprint density at radius 3 is 1.74 bits per heavy atom. The second-order valence-electron chi connectivity index (χ2n) is 11.7. The lowest BCUT2D eigenvalue weighted by atomic mass is 9.46. The summed E-state index contributed by atoms with van der Waals surface area (Å²) in [7, 11) is 0. The van der Waals surface area contributed by atoms with Crippen LogP contribution < -0.4 is 0 Å². The second-order valence-corrected chi connectivity index (χ2v) is 14.2. The zero-order chi connectivity index (χ0) is 33.5. The van der Waals surface area contributed by atoms with E-state index in [0.29, 0.717) is 52.9 Å². The average molecular weight is 740 g/mol. The molecule has 0 unspecified atom stereocenters. The fourth-order valence-corrected chi connectivity index (χ4v) is 8.00. The molecule has 5 aromatic carbocycles. The first kappa shape index (κ1) is 33.8. The van der Waals surface area contributed by atoms with Gasteiger partial charge in [-0.1, -0.05) is 124 Å². The second kappa shape index (κ2) is 13.5. The number of Topliss-reactive ketones (excluding diaryl/α,β-unsaturated/α-hetero) is 1. The molecule has 0 aliphatic heterocycles. The summed E-state index contributed by atoms with van der Waals surface area (Å²) in [4.78, 5) is 15.0. The van der Waals surface area contributed by atoms with E-state index in [-0.39, 0.29) is 17.2 Å². The van der Waals surface area contributed by atoms with Gasteiger partial charge in [-0.3, -0.25) is 4.79 Å². The summed E-state index contributed by atoms with van der Waals surface area (Å²) in [5.41, 5.74) is -0.616. The van der Waals surface area contributed by atoms with Crippen molar-refractivity contribution in [1.29, 1.82) is 5.26 Å². The molecule has 0 amide bonds. The van der Waals surface area contributed by atoms with Crippen LogP contribution >= 0.6 is 69.6 Å². The van der Waals surface area contributed by atoms with Crippen LogP contribution in [0.3, 0.4) is 0 Å². The number of nitriles is 1. The topological polar surface area (TPSA) is 61.1 Å². The molecule has 47 heavy (non-hydrogen) atoms. The zero-order valence-electron chi connectivity index (χ0n) is 24.5. The molecule has 1 saturated carbocycles. The van der Waals surface area contributed by atoms with Crippen LogP contribution in [0.1, 0.15) is 50.9 Å². The SMILES string of the molecule is N#C[C@]1(c2ccccc2)[C@H](c2ccc(Cl)c(Cl)c2)C[C@](O)(c2ccc(Cl)cc2)[C@@H](C(=O)c2ccc(Cl)cc2)[C@@H]1c1ccc(Cl)c(Cl)c1. The van der Waals surface area contributed by atoms with Gasteiger partial charge in [-0.15, -0.1) is 0 Å². The van der Waals surface area contributed by atoms with Gasteiger partial charge in [-0.25, -0.2) is 0 Å². The summed E-state index contributed by atoms with van der Waals surface area (Å²) in [5, 5.41) is 27.0. The van der Waals surface area contributed by atoms with E-state index in [1.165, 1.54) is 0 Å². The van der Waals surface area contributed by atoms with E-state index in [1.807, 2.05) is 36.4 Å². The summed E-state index contributed by atoms with van der Waals surface area (Å²) in [6.07, 6.45) is -0.0309. The Bertz CT molecular complexity index is 1990. The van der Waals surface area contributed by atoms with Crippen LogP contribution in [-0.4, -0.2) is 10.9 Å². The lowest BCUT2D eigenvalue weighted by molar-refractivity contribution is -0.0738. The van der Waals surface area contributed by atoms with Gasteiger partial charge in [0.25, 0.3) is 0 Å². The molecule has 236 valence electrons. The third-order valence-corrected chi connectivity index (χ3v) is 11.2. The summed E-state index contributed by atoms with van der Waals surface area (Å²) < 4.78 is 0. The van der Waals surface area contributed by atoms with Crippen molar-refractivity contribution < 1.29 is 9.90 Å². The summed E-state index contributed by atoms with van der Waals surface area (Å²) in [6.45, 7) is 0. The molecule has 3 nitrogen and oxygen atoms in total. The summed E-state index contributed by atoms with van der Waals surface area (Å²) in [5.74, 6) is -3.26. The Hall–Kier alpha value is -3.04. The van der Waals surface area contributed by atoms with E-state index >= 15 is 4.79 Å². The maximum Gasteiger partial charge on any atom is 0.169 e. The maximum absolute atomic E-state index is 15.0. The van der Waals surface area contributed by atoms with Crippen LogP contribution in [-0.2, 0) is 11.0 Å². The molecule has 0 bridgehead atoms. The minimum atomic E-state index is -1.83. The van der Waals surface area contributed by atoms with Crippen molar-refractivity contribution in [3.63, 3.8) is 0 Å². The molecular formula is C38H25Cl6NO2. The molecule has 9 heteroatoms. The first-order chi connectivity index (χ1) is 22.5. The maximum atomic E-state index is 15.0. The Kier molecular flexibility index (Phi) is 9.69. The Morgan fingerprint density at radius 1 is 0.660 bits per heavy atom. The minimum absolute atomic E-state index is 0.0309. The van der Waals surface area contributed by atoms with Crippen molar-refractivity contribution in [2.75, 3.05) is 0 Å². The highest BCUT2D eigenvalue weighted by Crippen LogP contribution is 2.64. The lowest BCUT2D eigenvalue weighted by Crippen LogP contribution is -2.58. The third-order valence-electron chi connectivity index (χ3n) is 9.24. The number of nitrogens with zero attached hydrogens (tertiary/aromatic N) is 1. The van der Waals surface area contributed by atoms with Crippen molar-refractivity contribution in [3.8, 4) is 6.07 Å². The molecule has 1 N–H and O–H groups in total. The Balaban J connectivity index is 1.76. The molecule has 5 atom stereocenters. The van der Waals surface area contributed by atoms with E-state index in [9.17, 15) is 10.4 Å². The fraction of sp³-hybridized carbons (Fsp3) is 0.158. The fourth-order valence-electron chi connectivity index (χ4n) is 7.13. The quantitative estimate of drug-likeness (QED) is 0.176. The lowest BCUT2D eigenvalue weighted by Gasteiger charge is -2.56. The largest absolute Gasteiger partial charge is 0.384 e. The number of ketones is 1. The van der Waals surface area contributed by atoms with Gasteiger partial charge in [0.2, 0.25) is 0 Å².